The molecule has 1 atom stereocenters. The maximum Gasteiger partial charge on any atom is 0.0618 e. The second kappa shape index (κ2) is 4.60. The zero-order valence-electron chi connectivity index (χ0n) is 8.91. The van der Waals surface area contributed by atoms with Crippen LogP contribution in [0.3, 0.4) is 0 Å². The van der Waals surface area contributed by atoms with Crippen LogP contribution in [-0.4, -0.2) is 37.5 Å². The monoisotopic (exact) mass is 199 g/mol. The summed E-state index contributed by atoms with van der Waals surface area (Å²) in [6.45, 7) is 1.89. The third-order valence-corrected chi connectivity index (χ3v) is 3.42. The molecule has 0 amide bonds. The quantitative estimate of drug-likeness (QED) is 0.664. The SMILES string of the molecule is COCC(NCC1CC(O)C1)C1CC1. The van der Waals surface area contributed by atoms with Crippen molar-refractivity contribution in [2.75, 3.05) is 20.3 Å². The van der Waals surface area contributed by atoms with Crippen LogP contribution < -0.4 is 5.32 Å². The molecule has 2 rings (SSSR count). The largest absolute Gasteiger partial charge is 0.393 e. The first-order chi connectivity index (χ1) is 6.79. The number of hydrogen-bond donors (Lipinski definition) is 2. The van der Waals surface area contributed by atoms with Crippen LogP contribution in [0, 0.1) is 11.8 Å². The summed E-state index contributed by atoms with van der Waals surface area (Å²) in [6.07, 6.45) is 4.65. The number of methoxy groups -OCH3 is 1. The highest BCUT2D eigenvalue weighted by atomic mass is 16.5. The summed E-state index contributed by atoms with van der Waals surface area (Å²) >= 11 is 0. The highest BCUT2D eigenvalue weighted by Crippen LogP contribution is 2.33. The van der Waals surface area contributed by atoms with Crippen molar-refractivity contribution in [1.82, 2.24) is 5.32 Å². The zero-order valence-corrected chi connectivity index (χ0v) is 8.91. The lowest BCUT2D eigenvalue weighted by Crippen LogP contribution is -2.42. The maximum atomic E-state index is 9.16. The molecule has 3 nitrogen and oxygen atoms in total. The first-order valence-electron chi connectivity index (χ1n) is 5.70. The molecule has 0 aromatic carbocycles. The predicted molar refractivity (Wildman–Crippen MR) is 55.1 cm³/mol. The van der Waals surface area contributed by atoms with Crippen molar-refractivity contribution in [2.45, 2.75) is 37.8 Å². The Balaban J connectivity index is 1.61. The maximum absolute atomic E-state index is 9.16. The summed E-state index contributed by atoms with van der Waals surface area (Å²) in [5.41, 5.74) is 0. The van der Waals surface area contributed by atoms with E-state index in [9.17, 15) is 0 Å². The highest BCUT2D eigenvalue weighted by molar-refractivity contribution is 4.88. The lowest BCUT2D eigenvalue weighted by molar-refractivity contribution is 0.0394. The number of aliphatic hydroxyl groups is 1. The normalized spacial score (nSPS) is 33.9. The Bertz CT molecular complexity index is 176. The molecular formula is C11H21NO2. The first-order valence-corrected chi connectivity index (χ1v) is 5.70. The Morgan fingerprint density at radius 3 is 2.64 bits per heavy atom. The first kappa shape index (κ1) is 10.4. The van der Waals surface area contributed by atoms with Gasteiger partial charge in [0, 0.05) is 13.2 Å². The zero-order chi connectivity index (χ0) is 9.97. The van der Waals surface area contributed by atoms with Crippen molar-refractivity contribution in [3.8, 4) is 0 Å². The minimum absolute atomic E-state index is 0.0244. The number of ether oxygens (including phenoxy) is 1. The fraction of sp³-hybridized carbons (Fsp3) is 1.00. The fourth-order valence-corrected chi connectivity index (χ4v) is 2.23. The van der Waals surface area contributed by atoms with Crippen molar-refractivity contribution in [3.05, 3.63) is 0 Å². The summed E-state index contributed by atoms with van der Waals surface area (Å²) < 4.78 is 5.20. The Morgan fingerprint density at radius 1 is 1.43 bits per heavy atom. The summed E-state index contributed by atoms with van der Waals surface area (Å²) in [5.74, 6) is 1.54. The van der Waals surface area contributed by atoms with Gasteiger partial charge in [0.15, 0.2) is 0 Å². The lowest BCUT2D eigenvalue weighted by Gasteiger charge is -2.33. The smallest absolute Gasteiger partial charge is 0.0618 e. The predicted octanol–water partition coefficient (Wildman–Crippen LogP) is 0.772. The van der Waals surface area contributed by atoms with Gasteiger partial charge >= 0.3 is 0 Å². The minimum Gasteiger partial charge on any atom is -0.393 e. The summed E-state index contributed by atoms with van der Waals surface area (Å²) in [4.78, 5) is 0. The molecule has 0 bridgehead atoms. The van der Waals surface area contributed by atoms with Crippen molar-refractivity contribution >= 4 is 0 Å². The van der Waals surface area contributed by atoms with E-state index in [2.05, 4.69) is 5.32 Å². The van der Waals surface area contributed by atoms with Gasteiger partial charge in [0.2, 0.25) is 0 Å². The van der Waals surface area contributed by atoms with E-state index < -0.39 is 0 Å². The van der Waals surface area contributed by atoms with E-state index in [0.717, 1.165) is 31.9 Å². The third-order valence-electron chi connectivity index (χ3n) is 3.42. The molecule has 0 spiro atoms. The molecule has 2 aliphatic carbocycles. The van der Waals surface area contributed by atoms with Crippen LogP contribution in [0.5, 0.6) is 0 Å². The molecule has 1 unspecified atom stereocenters. The van der Waals surface area contributed by atoms with Gasteiger partial charge in [-0.3, -0.25) is 0 Å². The molecule has 0 aromatic rings. The summed E-state index contributed by atoms with van der Waals surface area (Å²) in [6, 6.07) is 0.553. The molecule has 2 aliphatic rings. The molecule has 0 aromatic heterocycles. The summed E-state index contributed by atoms with van der Waals surface area (Å²) in [5, 5.41) is 12.7. The number of aliphatic hydroxyl groups excluding tert-OH is 1. The number of hydrogen-bond acceptors (Lipinski definition) is 3. The summed E-state index contributed by atoms with van der Waals surface area (Å²) in [7, 11) is 1.77. The Labute approximate surface area is 85.8 Å². The van der Waals surface area contributed by atoms with Crippen LogP contribution in [0.2, 0.25) is 0 Å². The molecule has 2 saturated carbocycles. The van der Waals surface area contributed by atoms with Gasteiger partial charge in [0.1, 0.15) is 0 Å². The molecular weight excluding hydrogens is 178 g/mol. The van der Waals surface area contributed by atoms with Crippen LogP contribution in [0.4, 0.5) is 0 Å². The van der Waals surface area contributed by atoms with Crippen LogP contribution in [-0.2, 0) is 4.74 Å². The second-order valence-electron chi connectivity index (χ2n) is 4.80. The molecule has 82 valence electrons. The van der Waals surface area contributed by atoms with Gasteiger partial charge in [-0.1, -0.05) is 0 Å². The Kier molecular flexibility index (Phi) is 3.42. The standard InChI is InChI=1S/C11H21NO2/c1-14-7-11(9-2-3-9)12-6-8-4-10(13)5-8/h8-13H,2-7H2,1H3. The number of nitrogens with one attached hydrogen (secondary N) is 1. The highest BCUT2D eigenvalue weighted by Gasteiger charge is 2.33. The average Bonchev–Trinajstić information content (AvgIpc) is 2.91. The fourth-order valence-electron chi connectivity index (χ4n) is 2.23. The molecule has 14 heavy (non-hydrogen) atoms. The van der Waals surface area contributed by atoms with Crippen LogP contribution in [0.15, 0.2) is 0 Å². The molecule has 0 saturated heterocycles. The second-order valence-corrected chi connectivity index (χ2v) is 4.80. The van der Waals surface area contributed by atoms with Crippen LogP contribution >= 0.6 is 0 Å². The van der Waals surface area contributed by atoms with E-state index in [1.807, 2.05) is 0 Å². The van der Waals surface area contributed by atoms with E-state index in [1.54, 1.807) is 7.11 Å². The van der Waals surface area contributed by atoms with E-state index in [4.69, 9.17) is 9.84 Å². The average molecular weight is 199 g/mol. The Hall–Kier alpha value is -0.120. The molecule has 2 fully saturated rings. The lowest BCUT2D eigenvalue weighted by atomic mass is 9.82. The van der Waals surface area contributed by atoms with Gasteiger partial charge < -0.3 is 15.2 Å². The van der Waals surface area contributed by atoms with E-state index in [0.29, 0.717) is 12.0 Å². The molecule has 0 aliphatic heterocycles. The van der Waals surface area contributed by atoms with Crippen molar-refractivity contribution < 1.29 is 9.84 Å². The van der Waals surface area contributed by atoms with Crippen molar-refractivity contribution in [1.29, 1.82) is 0 Å². The van der Waals surface area contributed by atoms with Gasteiger partial charge in [-0.15, -0.1) is 0 Å². The van der Waals surface area contributed by atoms with Crippen molar-refractivity contribution in [3.63, 3.8) is 0 Å². The molecule has 3 heteroatoms. The van der Waals surface area contributed by atoms with Crippen LogP contribution in [0.25, 0.3) is 0 Å². The molecule has 0 radical (unpaired) electrons. The topological polar surface area (TPSA) is 41.5 Å². The molecule has 2 N–H and O–H groups in total. The van der Waals surface area contributed by atoms with E-state index >= 15 is 0 Å². The third kappa shape index (κ3) is 2.69. The van der Waals surface area contributed by atoms with E-state index in [-0.39, 0.29) is 6.10 Å². The minimum atomic E-state index is -0.0244. The Morgan fingerprint density at radius 2 is 2.14 bits per heavy atom. The van der Waals surface area contributed by atoms with Gasteiger partial charge in [-0.25, -0.2) is 0 Å². The molecule has 0 heterocycles. The number of rotatable bonds is 6. The van der Waals surface area contributed by atoms with E-state index in [1.165, 1.54) is 12.8 Å². The van der Waals surface area contributed by atoms with Crippen LogP contribution in [0.1, 0.15) is 25.7 Å². The van der Waals surface area contributed by atoms with Gasteiger partial charge in [-0.2, -0.15) is 0 Å². The van der Waals surface area contributed by atoms with Gasteiger partial charge in [-0.05, 0) is 44.1 Å². The van der Waals surface area contributed by atoms with Crippen molar-refractivity contribution in [2.24, 2.45) is 11.8 Å². The van der Waals surface area contributed by atoms with Gasteiger partial charge in [0.25, 0.3) is 0 Å². The van der Waals surface area contributed by atoms with Gasteiger partial charge in [0.05, 0.1) is 12.7 Å².